The Labute approximate surface area is 197 Å². The van der Waals surface area contributed by atoms with E-state index >= 15 is 0 Å². The maximum absolute atomic E-state index is 13.6. The summed E-state index contributed by atoms with van der Waals surface area (Å²) in [5.41, 5.74) is 1.33. The monoisotopic (exact) mass is 474 g/mol. The van der Waals surface area contributed by atoms with Gasteiger partial charge in [0.05, 0.1) is 24.2 Å². The Bertz CT molecular complexity index is 1050. The predicted octanol–water partition coefficient (Wildman–Crippen LogP) is 4.29. The zero-order valence-electron chi connectivity index (χ0n) is 19.8. The van der Waals surface area contributed by atoms with Crippen LogP contribution in [0, 0.1) is 12.8 Å². The van der Waals surface area contributed by atoms with E-state index in [1.807, 2.05) is 13.0 Å². The van der Waals surface area contributed by atoms with Crippen molar-refractivity contribution in [3.8, 4) is 11.5 Å². The molecule has 0 aromatic heterocycles. The molecule has 0 spiro atoms. The molecule has 2 aromatic carbocycles. The average molecular weight is 475 g/mol. The predicted molar refractivity (Wildman–Crippen MR) is 129 cm³/mol. The Balaban J connectivity index is 1.85. The highest BCUT2D eigenvalue weighted by atomic mass is 32.2. The van der Waals surface area contributed by atoms with Crippen LogP contribution in [0.3, 0.4) is 0 Å². The largest absolute Gasteiger partial charge is 0.497 e. The Morgan fingerprint density at radius 3 is 2.58 bits per heavy atom. The Hall–Kier alpha value is -2.74. The molecule has 1 heterocycles. The number of unbranched alkanes of at least 4 members (excludes halogenated alkanes) is 1. The molecule has 3 rings (SSSR count). The fraction of sp³-hybridized carbons (Fsp3) is 0.480. The van der Waals surface area contributed by atoms with Gasteiger partial charge in [-0.05, 0) is 61.2 Å². The number of carbonyl (C=O) groups is 1. The number of hydrogen-bond acceptors (Lipinski definition) is 5. The molecule has 2 atom stereocenters. The minimum Gasteiger partial charge on any atom is -0.497 e. The number of sulfonamides is 1. The number of methoxy groups -OCH3 is 1. The van der Waals surface area contributed by atoms with Crippen LogP contribution in [0.2, 0.25) is 0 Å². The first-order chi connectivity index (χ1) is 15.8. The van der Waals surface area contributed by atoms with Crippen LogP contribution < -0.4 is 19.1 Å². The zero-order valence-corrected chi connectivity index (χ0v) is 20.7. The van der Waals surface area contributed by atoms with Crippen LogP contribution >= 0.6 is 0 Å². The van der Waals surface area contributed by atoms with Gasteiger partial charge in [0.25, 0.3) is 15.9 Å². The fourth-order valence-corrected chi connectivity index (χ4v) is 5.37. The highest BCUT2D eigenvalue weighted by Crippen LogP contribution is 2.38. The van der Waals surface area contributed by atoms with Crippen molar-refractivity contribution in [2.24, 2.45) is 5.92 Å². The summed E-state index contributed by atoms with van der Waals surface area (Å²) in [6.45, 7) is 6.62. The second-order valence-corrected chi connectivity index (χ2v) is 10.3. The van der Waals surface area contributed by atoms with E-state index < -0.39 is 16.1 Å². The molecule has 0 unspecified atom stereocenters. The molecule has 0 saturated carbocycles. The lowest BCUT2D eigenvalue weighted by molar-refractivity contribution is -0.127. The number of nitrogens with zero attached hydrogens (tertiary/aromatic N) is 1. The zero-order chi connectivity index (χ0) is 24.0. The van der Waals surface area contributed by atoms with E-state index in [0.717, 1.165) is 31.2 Å². The highest BCUT2D eigenvalue weighted by molar-refractivity contribution is 7.92. The fourth-order valence-electron chi connectivity index (χ4n) is 3.90. The van der Waals surface area contributed by atoms with Crippen molar-refractivity contribution in [1.82, 2.24) is 5.32 Å². The molecule has 0 aliphatic carbocycles. The summed E-state index contributed by atoms with van der Waals surface area (Å²) in [6.07, 6.45) is 3.33. The maximum Gasteiger partial charge on any atom is 0.264 e. The third-order valence-corrected chi connectivity index (χ3v) is 7.83. The van der Waals surface area contributed by atoms with Gasteiger partial charge in [0.15, 0.2) is 6.10 Å². The molecule has 0 saturated heterocycles. The van der Waals surface area contributed by atoms with Gasteiger partial charge in [-0.25, -0.2) is 8.42 Å². The SMILES string of the molecule is CCCC[C@@H](CC)CNC(=O)[C@H]1CN(S(=O)(=O)c2ccc(OC)cc2)c2cc(C)ccc2O1. The highest BCUT2D eigenvalue weighted by Gasteiger charge is 2.37. The van der Waals surface area contributed by atoms with Crippen molar-refractivity contribution in [2.45, 2.75) is 57.5 Å². The lowest BCUT2D eigenvalue weighted by atomic mass is 9.99. The van der Waals surface area contributed by atoms with Crippen LogP contribution in [0.25, 0.3) is 0 Å². The quantitative estimate of drug-likeness (QED) is 0.555. The van der Waals surface area contributed by atoms with Gasteiger partial charge in [-0.1, -0.05) is 39.2 Å². The van der Waals surface area contributed by atoms with Crippen molar-refractivity contribution in [1.29, 1.82) is 0 Å². The van der Waals surface area contributed by atoms with Gasteiger partial charge in [-0.15, -0.1) is 0 Å². The third kappa shape index (κ3) is 5.79. The van der Waals surface area contributed by atoms with E-state index in [-0.39, 0.29) is 17.3 Å². The summed E-state index contributed by atoms with van der Waals surface area (Å²) in [4.78, 5) is 13.1. The van der Waals surface area contributed by atoms with Crippen molar-refractivity contribution in [3.63, 3.8) is 0 Å². The van der Waals surface area contributed by atoms with Gasteiger partial charge < -0.3 is 14.8 Å². The van der Waals surface area contributed by atoms with Gasteiger partial charge in [-0.3, -0.25) is 9.10 Å². The molecule has 180 valence electrons. The molecule has 0 radical (unpaired) electrons. The van der Waals surface area contributed by atoms with Gasteiger partial charge >= 0.3 is 0 Å². The third-order valence-electron chi connectivity index (χ3n) is 6.03. The van der Waals surface area contributed by atoms with E-state index in [1.54, 1.807) is 24.3 Å². The minimum absolute atomic E-state index is 0.0948. The van der Waals surface area contributed by atoms with Crippen LogP contribution in [-0.4, -0.2) is 40.6 Å². The maximum atomic E-state index is 13.6. The molecule has 7 nitrogen and oxygen atoms in total. The Morgan fingerprint density at radius 1 is 1.21 bits per heavy atom. The molecule has 1 aliphatic heterocycles. The second-order valence-electron chi connectivity index (χ2n) is 8.45. The number of nitrogens with one attached hydrogen (secondary N) is 1. The van der Waals surface area contributed by atoms with E-state index in [2.05, 4.69) is 19.2 Å². The van der Waals surface area contributed by atoms with Gasteiger partial charge in [0.1, 0.15) is 11.5 Å². The topological polar surface area (TPSA) is 84.9 Å². The molecule has 0 bridgehead atoms. The van der Waals surface area contributed by atoms with Crippen molar-refractivity contribution < 1.29 is 22.7 Å². The van der Waals surface area contributed by atoms with E-state index in [9.17, 15) is 13.2 Å². The molecule has 1 aliphatic rings. The van der Waals surface area contributed by atoms with Gasteiger partial charge in [-0.2, -0.15) is 0 Å². The Kier molecular flexibility index (Phi) is 8.24. The summed E-state index contributed by atoms with van der Waals surface area (Å²) < 4.78 is 39.5. The first-order valence-corrected chi connectivity index (χ1v) is 13.0. The van der Waals surface area contributed by atoms with Crippen molar-refractivity contribution >= 4 is 21.6 Å². The Morgan fingerprint density at radius 2 is 1.94 bits per heavy atom. The molecule has 1 amide bonds. The first kappa shape index (κ1) is 24.9. The first-order valence-electron chi connectivity index (χ1n) is 11.5. The number of rotatable bonds is 10. The number of amides is 1. The molecule has 8 heteroatoms. The molecular weight excluding hydrogens is 440 g/mol. The molecule has 33 heavy (non-hydrogen) atoms. The lowest BCUT2D eigenvalue weighted by Crippen LogP contribution is -2.51. The summed E-state index contributed by atoms with van der Waals surface area (Å²) in [5, 5.41) is 2.98. The summed E-state index contributed by atoms with van der Waals surface area (Å²) >= 11 is 0. The number of fused-ring (bicyclic) bond motifs is 1. The van der Waals surface area contributed by atoms with Crippen molar-refractivity contribution in [2.75, 3.05) is 24.5 Å². The molecule has 1 N–H and O–H groups in total. The summed E-state index contributed by atoms with van der Waals surface area (Å²) in [5.74, 6) is 1.04. The van der Waals surface area contributed by atoms with Crippen LogP contribution in [0.5, 0.6) is 11.5 Å². The van der Waals surface area contributed by atoms with Crippen LogP contribution in [-0.2, 0) is 14.8 Å². The molecule has 0 fully saturated rings. The summed E-state index contributed by atoms with van der Waals surface area (Å²) in [6, 6.07) is 11.6. The standard InChI is InChI=1S/C25H34N2O5S/c1-5-7-8-19(6-2)16-26-25(28)24-17-27(22-15-18(3)9-14-23(22)32-24)33(29,30)21-12-10-20(31-4)11-13-21/h9-15,19,24H,5-8,16-17H2,1-4H3,(H,26,28)/t19-,24-/m1/s1. The molecular formula is C25H34N2O5S. The number of ether oxygens (including phenoxy) is 2. The van der Waals surface area contributed by atoms with E-state index in [0.29, 0.717) is 29.6 Å². The normalized spacial score (nSPS) is 16.5. The smallest absolute Gasteiger partial charge is 0.264 e. The second kappa shape index (κ2) is 10.9. The number of hydrogen-bond donors (Lipinski definition) is 1. The summed E-state index contributed by atoms with van der Waals surface area (Å²) in [7, 11) is -2.39. The minimum atomic E-state index is -3.91. The van der Waals surface area contributed by atoms with Crippen molar-refractivity contribution in [3.05, 3.63) is 48.0 Å². The lowest BCUT2D eigenvalue weighted by Gasteiger charge is -2.35. The van der Waals surface area contributed by atoms with Gasteiger partial charge in [0.2, 0.25) is 0 Å². The van der Waals surface area contributed by atoms with E-state index in [1.165, 1.54) is 23.5 Å². The average Bonchev–Trinajstić information content (AvgIpc) is 2.83. The number of aryl methyl sites for hydroxylation is 1. The van der Waals surface area contributed by atoms with Gasteiger partial charge in [0, 0.05) is 6.54 Å². The number of anilines is 1. The molecule has 2 aromatic rings. The van der Waals surface area contributed by atoms with E-state index in [4.69, 9.17) is 9.47 Å². The number of carbonyl (C=O) groups excluding carboxylic acids is 1. The van der Waals surface area contributed by atoms with Crippen LogP contribution in [0.15, 0.2) is 47.4 Å². The van der Waals surface area contributed by atoms with Crippen LogP contribution in [0.4, 0.5) is 5.69 Å². The van der Waals surface area contributed by atoms with Crippen LogP contribution in [0.1, 0.15) is 45.1 Å². The number of benzene rings is 2.